The summed E-state index contributed by atoms with van der Waals surface area (Å²) in [5.74, 6) is 1.54. The average Bonchev–Trinajstić information content (AvgIpc) is 2.92. The second-order valence-corrected chi connectivity index (χ2v) is 5.72. The van der Waals surface area contributed by atoms with Crippen LogP contribution >= 0.6 is 15.9 Å². The van der Waals surface area contributed by atoms with Gasteiger partial charge in [0.05, 0.1) is 0 Å². The average molecular weight is 343 g/mol. The number of nitrogens with one attached hydrogen (secondary N) is 2. The summed E-state index contributed by atoms with van der Waals surface area (Å²) in [6, 6.07) is 16.4. The Labute approximate surface area is 131 Å². The van der Waals surface area contributed by atoms with E-state index in [1.54, 1.807) is 0 Å². The highest BCUT2D eigenvalue weighted by molar-refractivity contribution is 9.10. The highest BCUT2D eigenvalue weighted by Crippen LogP contribution is 2.20. The Balaban J connectivity index is 1.74. The van der Waals surface area contributed by atoms with Crippen LogP contribution in [0, 0.1) is 6.92 Å². The molecular formula is C16H15BrN4. The van der Waals surface area contributed by atoms with E-state index in [9.17, 15) is 0 Å². The van der Waals surface area contributed by atoms with Gasteiger partial charge in [0, 0.05) is 22.3 Å². The molecule has 0 aliphatic carbocycles. The Kier molecular flexibility index (Phi) is 4.01. The van der Waals surface area contributed by atoms with E-state index in [0.717, 1.165) is 33.9 Å². The van der Waals surface area contributed by atoms with Gasteiger partial charge in [-0.15, -0.1) is 0 Å². The maximum absolute atomic E-state index is 4.35. The van der Waals surface area contributed by atoms with E-state index in [1.807, 2.05) is 37.3 Å². The number of hydrogen-bond donors (Lipinski definition) is 2. The summed E-state index contributed by atoms with van der Waals surface area (Å²) in [5.41, 5.74) is 3.28. The number of aryl methyl sites for hydroxylation is 1. The highest BCUT2D eigenvalue weighted by atomic mass is 79.9. The topological polar surface area (TPSA) is 53.6 Å². The molecule has 1 heterocycles. The van der Waals surface area contributed by atoms with E-state index in [0.29, 0.717) is 0 Å². The Morgan fingerprint density at radius 1 is 1.14 bits per heavy atom. The molecule has 2 N–H and O–H groups in total. The minimum atomic E-state index is 0.721. The van der Waals surface area contributed by atoms with Gasteiger partial charge in [-0.1, -0.05) is 40.2 Å². The van der Waals surface area contributed by atoms with Gasteiger partial charge in [-0.05, 0) is 36.8 Å². The molecule has 0 atom stereocenters. The zero-order valence-electron chi connectivity index (χ0n) is 11.6. The zero-order valence-corrected chi connectivity index (χ0v) is 13.2. The molecule has 5 heteroatoms. The van der Waals surface area contributed by atoms with Crippen LogP contribution in [0.25, 0.3) is 11.4 Å². The molecule has 4 nitrogen and oxygen atoms in total. The van der Waals surface area contributed by atoms with Crippen molar-refractivity contribution in [1.82, 2.24) is 15.2 Å². The largest absolute Gasteiger partial charge is 0.381 e. The fraction of sp³-hybridized carbons (Fsp3) is 0.125. The second kappa shape index (κ2) is 6.10. The van der Waals surface area contributed by atoms with Crippen molar-refractivity contribution < 1.29 is 0 Å². The van der Waals surface area contributed by atoms with Crippen LogP contribution < -0.4 is 5.32 Å². The summed E-state index contributed by atoms with van der Waals surface area (Å²) in [6.45, 7) is 2.67. The number of halogens is 1. The van der Waals surface area contributed by atoms with Crippen molar-refractivity contribution in [3.05, 3.63) is 64.4 Å². The fourth-order valence-electron chi connectivity index (χ4n) is 2.09. The van der Waals surface area contributed by atoms with Crippen molar-refractivity contribution >= 4 is 21.6 Å². The summed E-state index contributed by atoms with van der Waals surface area (Å²) in [6.07, 6.45) is 0. The molecule has 0 radical (unpaired) electrons. The molecule has 21 heavy (non-hydrogen) atoms. The third-order valence-electron chi connectivity index (χ3n) is 3.10. The van der Waals surface area contributed by atoms with E-state index >= 15 is 0 Å². The van der Waals surface area contributed by atoms with E-state index in [4.69, 9.17) is 0 Å². The first kappa shape index (κ1) is 13.8. The molecule has 0 aliphatic rings. The van der Waals surface area contributed by atoms with Gasteiger partial charge < -0.3 is 5.32 Å². The third kappa shape index (κ3) is 3.49. The van der Waals surface area contributed by atoms with Crippen molar-refractivity contribution in [2.45, 2.75) is 13.5 Å². The number of aromatic amines is 1. The molecule has 0 bridgehead atoms. The fourth-order valence-corrected chi connectivity index (χ4v) is 2.54. The summed E-state index contributed by atoms with van der Waals surface area (Å²) >= 11 is 3.49. The van der Waals surface area contributed by atoms with Gasteiger partial charge in [0.15, 0.2) is 5.82 Å². The van der Waals surface area contributed by atoms with Gasteiger partial charge in [0.25, 0.3) is 0 Å². The van der Waals surface area contributed by atoms with Crippen LogP contribution in [0.1, 0.15) is 11.4 Å². The first-order valence-electron chi connectivity index (χ1n) is 6.68. The first-order valence-corrected chi connectivity index (χ1v) is 7.48. The number of anilines is 1. The van der Waals surface area contributed by atoms with Crippen LogP contribution in [0.5, 0.6) is 0 Å². The van der Waals surface area contributed by atoms with Crippen LogP contribution in [0.15, 0.2) is 53.0 Å². The number of aromatic nitrogens is 3. The SMILES string of the molecule is Cc1nc(-c2cccc(NCc3cccc(Br)c3)c2)n[nH]1. The summed E-state index contributed by atoms with van der Waals surface area (Å²) in [7, 11) is 0. The maximum atomic E-state index is 4.35. The summed E-state index contributed by atoms with van der Waals surface area (Å²) < 4.78 is 1.09. The number of H-pyrrole nitrogens is 1. The van der Waals surface area contributed by atoms with Crippen LogP contribution in [0.3, 0.4) is 0 Å². The van der Waals surface area contributed by atoms with Gasteiger partial charge >= 0.3 is 0 Å². The minimum absolute atomic E-state index is 0.721. The molecule has 106 valence electrons. The Bertz CT molecular complexity index is 751. The lowest BCUT2D eigenvalue weighted by Crippen LogP contribution is -1.99. The quantitative estimate of drug-likeness (QED) is 0.748. The van der Waals surface area contributed by atoms with Gasteiger partial charge in [-0.2, -0.15) is 5.10 Å². The molecule has 0 spiro atoms. The number of nitrogens with zero attached hydrogens (tertiary/aromatic N) is 2. The monoisotopic (exact) mass is 342 g/mol. The molecule has 0 amide bonds. The van der Waals surface area contributed by atoms with E-state index in [2.05, 4.69) is 54.6 Å². The lowest BCUT2D eigenvalue weighted by atomic mass is 10.1. The van der Waals surface area contributed by atoms with Crippen molar-refractivity contribution in [2.24, 2.45) is 0 Å². The van der Waals surface area contributed by atoms with Crippen molar-refractivity contribution in [3.8, 4) is 11.4 Å². The zero-order chi connectivity index (χ0) is 14.7. The van der Waals surface area contributed by atoms with Crippen molar-refractivity contribution in [3.63, 3.8) is 0 Å². The van der Waals surface area contributed by atoms with Gasteiger partial charge in [-0.25, -0.2) is 4.98 Å². The first-order chi connectivity index (χ1) is 10.2. The van der Waals surface area contributed by atoms with E-state index in [1.165, 1.54) is 5.56 Å². The van der Waals surface area contributed by atoms with Gasteiger partial charge in [-0.3, -0.25) is 5.10 Å². The summed E-state index contributed by atoms with van der Waals surface area (Å²) in [5, 5.41) is 10.5. The molecule has 0 unspecified atom stereocenters. The number of hydrogen-bond acceptors (Lipinski definition) is 3. The van der Waals surface area contributed by atoms with Gasteiger partial charge in [0.1, 0.15) is 5.82 Å². The summed E-state index contributed by atoms with van der Waals surface area (Å²) in [4.78, 5) is 4.35. The second-order valence-electron chi connectivity index (χ2n) is 4.81. The molecule has 2 aromatic carbocycles. The molecular weight excluding hydrogens is 328 g/mol. The number of rotatable bonds is 4. The van der Waals surface area contributed by atoms with Crippen molar-refractivity contribution in [1.29, 1.82) is 0 Å². The van der Waals surface area contributed by atoms with Crippen LogP contribution in [0.4, 0.5) is 5.69 Å². The minimum Gasteiger partial charge on any atom is -0.381 e. The third-order valence-corrected chi connectivity index (χ3v) is 3.60. The lowest BCUT2D eigenvalue weighted by Gasteiger charge is -2.08. The molecule has 0 aliphatic heterocycles. The predicted octanol–water partition coefficient (Wildman–Crippen LogP) is 4.15. The van der Waals surface area contributed by atoms with E-state index in [-0.39, 0.29) is 0 Å². The Morgan fingerprint density at radius 2 is 2.00 bits per heavy atom. The molecule has 0 saturated carbocycles. The predicted molar refractivity (Wildman–Crippen MR) is 88.0 cm³/mol. The molecule has 0 fully saturated rings. The van der Waals surface area contributed by atoms with Crippen molar-refractivity contribution in [2.75, 3.05) is 5.32 Å². The highest BCUT2D eigenvalue weighted by Gasteiger charge is 2.04. The van der Waals surface area contributed by atoms with Crippen LogP contribution in [0.2, 0.25) is 0 Å². The molecule has 3 rings (SSSR count). The Morgan fingerprint density at radius 3 is 2.76 bits per heavy atom. The maximum Gasteiger partial charge on any atom is 0.181 e. The molecule has 1 aromatic heterocycles. The standard InChI is InChI=1S/C16H15BrN4/c1-11-19-16(21-20-11)13-5-3-7-15(9-13)18-10-12-4-2-6-14(17)8-12/h2-9,18H,10H2,1H3,(H,19,20,21). The van der Waals surface area contributed by atoms with E-state index < -0.39 is 0 Å². The smallest absolute Gasteiger partial charge is 0.181 e. The lowest BCUT2D eigenvalue weighted by molar-refractivity contribution is 1.04. The molecule has 3 aromatic rings. The Hall–Kier alpha value is -2.14. The van der Waals surface area contributed by atoms with Gasteiger partial charge in [0.2, 0.25) is 0 Å². The van der Waals surface area contributed by atoms with Crippen LogP contribution in [-0.4, -0.2) is 15.2 Å². The molecule has 0 saturated heterocycles. The normalized spacial score (nSPS) is 10.6. The van der Waals surface area contributed by atoms with Crippen LogP contribution in [-0.2, 0) is 6.54 Å². The number of benzene rings is 2.